The predicted octanol–water partition coefficient (Wildman–Crippen LogP) is 3.85. The molecule has 1 fully saturated rings. The number of ether oxygens (including phenoxy) is 2. The van der Waals surface area contributed by atoms with E-state index in [0.717, 1.165) is 37.7 Å². The summed E-state index contributed by atoms with van der Waals surface area (Å²) in [6.45, 7) is 3.13. The van der Waals surface area contributed by atoms with Crippen LogP contribution in [0, 0.1) is 0 Å². The first-order chi connectivity index (χ1) is 12.1. The number of carbonyl (C=O) groups excluding carboxylic acids is 1. The summed E-state index contributed by atoms with van der Waals surface area (Å²) < 4.78 is 10.8. The molecule has 2 aromatic rings. The molecule has 2 aromatic carbocycles. The molecular weight excluding hydrogens is 363 g/mol. The fourth-order valence-corrected chi connectivity index (χ4v) is 2.78. The summed E-state index contributed by atoms with van der Waals surface area (Å²) in [5.41, 5.74) is 1.84. The fraction of sp³-hybridized carbons (Fsp3) is 0.278. The molecule has 0 spiro atoms. The van der Waals surface area contributed by atoms with Crippen LogP contribution in [0.4, 0.5) is 11.4 Å². The molecule has 0 radical (unpaired) electrons. The van der Waals surface area contributed by atoms with Crippen molar-refractivity contribution in [3.05, 3.63) is 52.5 Å². The van der Waals surface area contributed by atoms with E-state index in [1.165, 1.54) is 0 Å². The molecule has 132 valence electrons. The summed E-state index contributed by atoms with van der Waals surface area (Å²) in [5, 5.41) is 3.63. The number of nitrogens with one attached hydrogen (secondary N) is 1. The second-order valence-electron chi connectivity index (χ2n) is 5.56. The maximum atomic E-state index is 12.0. The van der Waals surface area contributed by atoms with Gasteiger partial charge in [0.25, 0.3) is 5.91 Å². The van der Waals surface area contributed by atoms with Gasteiger partial charge in [-0.15, -0.1) is 0 Å². The lowest BCUT2D eigenvalue weighted by Gasteiger charge is -2.28. The van der Waals surface area contributed by atoms with E-state index >= 15 is 0 Å². The number of amides is 1. The number of carbonyl (C=O) groups is 1. The second-order valence-corrected chi connectivity index (χ2v) is 6.37. The Bertz CT molecular complexity index is 732. The molecule has 1 N–H and O–H groups in total. The highest BCUT2D eigenvalue weighted by Crippen LogP contribution is 2.26. The smallest absolute Gasteiger partial charge is 0.262 e. The van der Waals surface area contributed by atoms with Gasteiger partial charge in [-0.2, -0.15) is 0 Å². The summed E-state index contributed by atoms with van der Waals surface area (Å²) in [7, 11) is 0. The van der Waals surface area contributed by atoms with Gasteiger partial charge < -0.3 is 19.7 Å². The first kappa shape index (κ1) is 17.9. The first-order valence-corrected chi connectivity index (χ1v) is 8.68. The van der Waals surface area contributed by atoms with Crippen molar-refractivity contribution in [3.63, 3.8) is 0 Å². The molecule has 0 bridgehead atoms. The summed E-state index contributed by atoms with van der Waals surface area (Å²) in [4.78, 5) is 14.3. The van der Waals surface area contributed by atoms with Gasteiger partial charge in [-0.25, -0.2) is 0 Å². The number of morpholine rings is 1. The Kier molecular flexibility index (Phi) is 6.02. The van der Waals surface area contributed by atoms with E-state index in [9.17, 15) is 4.79 Å². The van der Waals surface area contributed by atoms with E-state index in [0.29, 0.717) is 15.8 Å². The van der Waals surface area contributed by atoms with E-state index in [1.807, 2.05) is 24.3 Å². The van der Waals surface area contributed by atoms with Crippen LogP contribution in [0.15, 0.2) is 42.5 Å². The van der Waals surface area contributed by atoms with Gasteiger partial charge in [-0.05, 0) is 36.4 Å². The van der Waals surface area contributed by atoms with Gasteiger partial charge in [0.2, 0.25) is 0 Å². The van der Waals surface area contributed by atoms with Gasteiger partial charge in [-0.1, -0.05) is 23.2 Å². The largest absolute Gasteiger partial charge is 0.484 e. The second kappa shape index (κ2) is 8.43. The molecule has 1 heterocycles. The van der Waals surface area contributed by atoms with Crippen molar-refractivity contribution in [1.82, 2.24) is 0 Å². The predicted molar refractivity (Wildman–Crippen MR) is 100 cm³/mol. The number of hydrogen-bond donors (Lipinski definition) is 1. The normalized spacial score (nSPS) is 14.2. The summed E-state index contributed by atoms with van der Waals surface area (Å²) in [5.74, 6) is 0.248. The van der Waals surface area contributed by atoms with E-state index in [2.05, 4.69) is 10.2 Å². The third-order valence-electron chi connectivity index (χ3n) is 3.79. The Hall–Kier alpha value is -1.95. The van der Waals surface area contributed by atoms with Gasteiger partial charge in [0.15, 0.2) is 6.61 Å². The molecule has 1 amide bonds. The Labute approximate surface area is 156 Å². The molecule has 7 heteroatoms. The monoisotopic (exact) mass is 380 g/mol. The van der Waals surface area contributed by atoms with Crippen LogP contribution in [0.3, 0.4) is 0 Å². The van der Waals surface area contributed by atoms with Gasteiger partial charge in [0, 0.05) is 30.5 Å². The Morgan fingerprint density at radius 1 is 1.08 bits per heavy atom. The minimum absolute atomic E-state index is 0.108. The molecule has 3 rings (SSSR count). The van der Waals surface area contributed by atoms with Crippen molar-refractivity contribution in [3.8, 4) is 5.75 Å². The van der Waals surface area contributed by atoms with Crippen molar-refractivity contribution in [2.24, 2.45) is 0 Å². The number of hydrogen-bond acceptors (Lipinski definition) is 4. The molecule has 0 saturated carbocycles. The van der Waals surface area contributed by atoms with Crippen molar-refractivity contribution in [1.29, 1.82) is 0 Å². The SMILES string of the molecule is O=C(COc1ccc(Cl)c(Cl)c1)Nc1ccc(N2CCOCC2)cc1. The molecule has 5 nitrogen and oxygen atoms in total. The molecule has 0 unspecified atom stereocenters. The summed E-state index contributed by atoms with van der Waals surface area (Å²) >= 11 is 11.8. The Morgan fingerprint density at radius 3 is 2.48 bits per heavy atom. The number of rotatable bonds is 5. The molecule has 1 aliphatic rings. The number of nitrogens with zero attached hydrogens (tertiary/aromatic N) is 1. The topological polar surface area (TPSA) is 50.8 Å². The van der Waals surface area contributed by atoms with Crippen LogP contribution in [-0.2, 0) is 9.53 Å². The Balaban J connectivity index is 1.51. The number of anilines is 2. The van der Waals surface area contributed by atoms with Crippen molar-refractivity contribution in [2.45, 2.75) is 0 Å². The summed E-state index contributed by atoms with van der Waals surface area (Å²) in [6.07, 6.45) is 0. The average molecular weight is 381 g/mol. The van der Waals surface area contributed by atoms with Crippen LogP contribution in [0.2, 0.25) is 10.0 Å². The zero-order valence-corrected chi connectivity index (χ0v) is 15.0. The van der Waals surface area contributed by atoms with E-state index < -0.39 is 0 Å². The molecule has 0 atom stereocenters. The minimum Gasteiger partial charge on any atom is -0.484 e. The number of halogens is 2. The van der Waals surface area contributed by atoms with Crippen LogP contribution in [-0.4, -0.2) is 38.8 Å². The highest BCUT2D eigenvalue weighted by molar-refractivity contribution is 6.42. The molecule has 0 aliphatic carbocycles. The first-order valence-electron chi connectivity index (χ1n) is 7.92. The summed E-state index contributed by atoms with van der Waals surface area (Å²) in [6, 6.07) is 12.6. The quantitative estimate of drug-likeness (QED) is 0.855. The van der Waals surface area contributed by atoms with Crippen molar-refractivity contribution in [2.75, 3.05) is 43.1 Å². The highest BCUT2D eigenvalue weighted by atomic mass is 35.5. The minimum atomic E-state index is -0.245. The van der Waals surface area contributed by atoms with Gasteiger partial charge in [0.05, 0.1) is 23.3 Å². The fourth-order valence-electron chi connectivity index (χ4n) is 2.49. The average Bonchev–Trinajstić information content (AvgIpc) is 2.64. The van der Waals surface area contributed by atoms with Crippen LogP contribution in [0.5, 0.6) is 5.75 Å². The molecule has 25 heavy (non-hydrogen) atoms. The maximum Gasteiger partial charge on any atom is 0.262 e. The standard InChI is InChI=1S/C18H18Cl2N2O3/c19-16-6-5-15(11-17(16)20)25-12-18(23)21-13-1-3-14(4-2-13)22-7-9-24-10-8-22/h1-6,11H,7-10,12H2,(H,21,23). The molecule has 1 saturated heterocycles. The van der Waals surface area contributed by atoms with Crippen molar-refractivity contribution >= 4 is 40.5 Å². The molecule has 0 aromatic heterocycles. The van der Waals surface area contributed by atoms with Gasteiger partial charge in [0.1, 0.15) is 5.75 Å². The maximum absolute atomic E-state index is 12.0. The number of benzene rings is 2. The van der Waals surface area contributed by atoms with Crippen LogP contribution in [0.1, 0.15) is 0 Å². The van der Waals surface area contributed by atoms with E-state index in [-0.39, 0.29) is 12.5 Å². The van der Waals surface area contributed by atoms with Gasteiger partial charge in [-0.3, -0.25) is 4.79 Å². The lowest BCUT2D eigenvalue weighted by atomic mass is 10.2. The Morgan fingerprint density at radius 2 is 1.80 bits per heavy atom. The van der Waals surface area contributed by atoms with E-state index in [4.69, 9.17) is 32.7 Å². The molecule has 1 aliphatic heterocycles. The third kappa shape index (κ3) is 5.01. The lowest BCUT2D eigenvalue weighted by molar-refractivity contribution is -0.118. The van der Waals surface area contributed by atoms with E-state index in [1.54, 1.807) is 18.2 Å². The zero-order chi connectivity index (χ0) is 17.6. The van der Waals surface area contributed by atoms with Crippen molar-refractivity contribution < 1.29 is 14.3 Å². The van der Waals surface area contributed by atoms with Crippen LogP contribution < -0.4 is 15.0 Å². The highest BCUT2D eigenvalue weighted by Gasteiger charge is 2.11. The van der Waals surface area contributed by atoms with Crippen LogP contribution >= 0.6 is 23.2 Å². The van der Waals surface area contributed by atoms with Crippen LogP contribution in [0.25, 0.3) is 0 Å². The molecular formula is C18H18Cl2N2O3. The van der Waals surface area contributed by atoms with Gasteiger partial charge >= 0.3 is 0 Å². The third-order valence-corrected chi connectivity index (χ3v) is 4.53. The lowest BCUT2D eigenvalue weighted by Crippen LogP contribution is -2.36. The zero-order valence-electron chi connectivity index (χ0n) is 13.5.